The van der Waals surface area contributed by atoms with Gasteiger partial charge in [-0.05, 0) is 29.3 Å². The van der Waals surface area contributed by atoms with E-state index >= 15 is 0 Å². The van der Waals surface area contributed by atoms with Crippen LogP contribution in [0, 0.1) is 0 Å². The van der Waals surface area contributed by atoms with Crippen molar-refractivity contribution in [2.24, 2.45) is 0 Å². The Labute approximate surface area is 152 Å². The van der Waals surface area contributed by atoms with Crippen molar-refractivity contribution in [3.63, 3.8) is 0 Å². The molecule has 5 nitrogen and oxygen atoms in total. The smallest absolute Gasteiger partial charge is 0.272 e. The molecule has 2 aromatic carbocycles. The topological polar surface area (TPSA) is 87.6 Å². The van der Waals surface area contributed by atoms with Gasteiger partial charge in [-0.25, -0.2) is 0 Å². The molecule has 0 unspecified atom stereocenters. The molecule has 7 heteroatoms. The molecule has 2 aromatic heterocycles. The Hall–Kier alpha value is -2.76. The molecule has 0 amide bonds. The highest BCUT2D eigenvalue weighted by Crippen LogP contribution is 2.39. The van der Waals surface area contributed by atoms with Crippen LogP contribution in [0.2, 0.25) is 10.0 Å². The first-order chi connectivity index (χ1) is 12.0. The Balaban J connectivity index is 2.24. The number of halogens is 2. The average molecular weight is 371 g/mol. The van der Waals surface area contributed by atoms with Gasteiger partial charge >= 0.3 is 0 Å². The van der Waals surface area contributed by atoms with E-state index < -0.39 is 0 Å². The lowest BCUT2D eigenvalue weighted by atomic mass is 9.95. The Morgan fingerprint density at radius 2 is 1.96 bits per heavy atom. The number of nitrogens with two attached hydrogens (primary N) is 1. The Bertz CT molecular complexity index is 1220. The first kappa shape index (κ1) is 15.7. The van der Waals surface area contributed by atoms with Gasteiger partial charge in [0.1, 0.15) is 5.69 Å². The van der Waals surface area contributed by atoms with E-state index in [2.05, 4.69) is 21.8 Å². The van der Waals surface area contributed by atoms with Crippen LogP contribution in [-0.2, 0) is 0 Å². The number of H-pyrrole nitrogens is 2. The third-order valence-electron chi connectivity index (χ3n) is 4.21. The van der Waals surface area contributed by atoms with E-state index in [0.717, 1.165) is 21.9 Å². The summed E-state index contributed by atoms with van der Waals surface area (Å²) in [6.07, 6.45) is 3.29. The summed E-state index contributed by atoms with van der Waals surface area (Å²) >= 11 is 12.5. The molecule has 4 N–H and O–H groups in total. The van der Waals surface area contributed by atoms with E-state index in [9.17, 15) is 4.79 Å². The second kappa shape index (κ2) is 5.65. The van der Waals surface area contributed by atoms with Crippen LogP contribution in [0.4, 0.5) is 5.69 Å². The summed E-state index contributed by atoms with van der Waals surface area (Å²) in [7, 11) is 0. The van der Waals surface area contributed by atoms with Gasteiger partial charge in [-0.15, -0.1) is 0 Å². The molecule has 0 saturated carbocycles. The van der Waals surface area contributed by atoms with Gasteiger partial charge in [-0.2, -0.15) is 5.10 Å². The standard InChI is InChI=1S/C18H12Cl2N4O/c1-2-8-5-9(19)6-11-14(15(21)18(25)23-16(8)11)10-3-4-13(20)17-12(10)7-22-24-17/h2-7H,1,21H2,(H,22,24)(H,23,25). The van der Waals surface area contributed by atoms with Crippen molar-refractivity contribution in [3.8, 4) is 11.1 Å². The maximum atomic E-state index is 12.4. The number of nitrogen functional groups attached to an aromatic ring is 1. The zero-order chi connectivity index (χ0) is 17.7. The second-order valence-electron chi connectivity index (χ2n) is 5.62. The summed E-state index contributed by atoms with van der Waals surface area (Å²) in [4.78, 5) is 15.2. The molecule has 124 valence electrons. The van der Waals surface area contributed by atoms with Crippen molar-refractivity contribution >= 4 is 56.8 Å². The fourth-order valence-corrected chi connectivity index (χ4v) is 3.51. The molecule has 0 spiro atoms. The average Bonchev–Trinajstić information content (AvgIpc) is 3.08. The van der Waals surface area contributed by atoms with E-state index in [1.54, 1.807) is 30.5 Å². The van der Waals surface area contributed by atoms with E-state index in [-0.39, 0.29) is 11.2 Å². The predicted molar refractivity (Wildman–Crippen MR) is 104 cm³/mol. The van der Waals surface area contributed by atoms with Gasteiger partial charge in [0.15, 0.2) is 0 Å². The van der Waals surface area contributed by atoms with Crippen molar-refractivity contribution < 1.29 is 0 Å². The van der Waals surface area contributed by atoms with Gasteiger partial charge in [0, 0.05) is 21.4 Å². The van der Waals surface area contributed by atoms with Crippen LogP contribution in [0.15, 0.2) is 41.8 Å². The zero-order valence-electron chi connectivity index (χ0n) is 12.9. The number of nitrogens with zero attached hydrogens (tertiary/aromatic N) is 1. The quantitative estimate of drug-likeness (QED) is 0.481. The largest absolute Gasteiger partial charge is 0.394 e. The number of nitrogens with one attached hydrogen (secondary N) is 2. The van der Waals surface area contributed by atoms with E-state index in [0.29, 0.717) is 26.6 Å². The number of rotatable bonds is 2. The SMILES string of the molecule is C=Cc1cc(Cl)cc2c(-c3ccc(Cl)c4[nH]ncc34)c(N)c(=O)[nH]c12. The number of aromatic nitrogens is 3. The number of aromatic amines is 2. The van der Waals surface area contributed by atoms with Crippen LogP contribution in [0.3, 0.4) is 0 Å². The molecule has 0 bridgehead atoms. The monoisotopic (exact) mass is 370 g/mol. The lowest BCUT2D eigenvalue weighted by molar-refractivity contribution is 1.12. The molecule has 0 aliphatic rings. The van der Waals surface area contributed by atoms with E-state index in [1.807, 2.05) is 6.07 Å². The minimum atomic E-state index is -0.375. The normalized spacial score (nSPS) is 11.3. The highest BCUT2D eigenvalue weighted by atomic mass is 35.5. The number of hydrogen-bond donors (Lipinski definition) is 3. The molecular formula is C18H12Cl2N4O. The third kappa shape index (κ3) is 2.32. The van der Waals surface area contributed by atoms with Gasteiger partial charge in [0.25, 0.3) is 5.56 Å². The fourth-order valence-electron chi connectivity index (χ4n) is 3.08. The number of fused-ring (bicyclic) bond motifs is 2. The molecule has 0 aliphatic heterocycles. The van der Waals surface area contributed by atoms with Crippen LogP contribution in [0.5, 0.6) is 0 Å². The highest BCUT2D eigenvalue weighted by molar-refractivity contribution is 6.36. The van der Waals surface area contributed by atoms with Crippen LogP contribution in [-0.4, -0.2) is 15.2 Å². The second-order valence-corrected chi connectivity index (χ2v) is 6.46. The summed E-state index contributed by atoms with van der Waals surface area (Å²) in [5, 5.41) is 9.47. The minimum Gasteiger partial charge on any atom is -0.394 e. The van der Waals surface area contributed by atoms with Crippen LogP contribution < -0.4 is 11.3 Å². The molecule has 0 fully saturated rings. The highest BCUT2D eigenvalue weighted by Gasteiger charge is 2.18. The van der Waals surface area contributed by atoms with Crippen LogP contribution >= 0.6 is 23.2 Å². The summed E-state index contributed by atoms with van der Waals surface area (Å²) < 4.78 is 0. The molecule has 0 radical (unpaired) electrons. The van der Waals surface area contributed by atoms with Gasteiger partial charge in [-0.3, -0.25) is 9.89 Å². The van der Waals surface area contributed by atoms with Crippen molar-refractivity contribution in [1.29, 1.82) is 0 Å². The van der Waals surface area contributed by atoms with Gasteiger partial charge in [0.05, 0.1) is 22.3 Å². The van der Waals surface area contributed by atoms with Crippen LogP contribution in [0.1, 0.15) is 5.56 Å². The van der Waals surface area contributed by atoms with Gasteiger partial charge in [0.2, 0.25) is 0 Å². The van der Waals surface area contributed by atoms with Gasteiger partial charge < -0.3 is 10.7 Å². The number of pyridine rings is 1. The molecule has 25 heavy (non-hydrogen) atoms. The lowest BCUT2D eigenvalue weighted by Gasteiger charge is -2.13. The molecule has 0 saturated heterocycles. The maximum absolute atomic E-state index is 12.4. The first-order valence-electron chi connectivity index (χ1n) is 7.40. The zero-order valence-corrected chi connectivity index (χ0v) is 14.4. The molecule has 0 aliphatic carbocycles. The summed E-state index contributed by atoms with van der Waals surface area (Å²) in [5.74, 6) is 0. The Morgan fingerprint density at radius 3 is 2.72 bits per heavy atom. The number of anilines is 1. The molecule has 4 rings (SSSR count). The maximum Gasteiger partial charge on any atom is 0.272 e. The molecule has 2 heterocycles. The van der Waals surface area contributed by atoms with Crippen LogP contribution in [0.25, 0.3) is 39.0 Å². The van der Waals surface area contributed by atoms with E-state index in [1.165, 1.54) is 0 Å². The van der Waals surface area contributed by atoms with Crippen molar-refractivity contribution in [1.82, 2.24) is 15.2 Å². The van der Waals surface area contributed by atoms with Gasteiger partial charge in [-0.1, -0.05) is 41.9 Å². The summed E-state index contributed by atoms with van der Waals surface area (Å²) in [5.41, 5.74) is 9.24. The van der Waals surface area contributed by atoms with Crippen molar-refractivity contribution in [2.75, 3.05) is 5.73 Å². The Morgan fingerprint density at radius 1 is 1.16 bits per heavy atom. The summed E-state index contributed by atoms with van der Waals surface area (Å²) in [6.45, 7) is 3.79. The molecular weight excluding hydrogens is 359 g/mol. The van der Waals surface area contributed by atoms with E-state index in [4.69, 9.17) is 28.9 Å². The first-order valence-corrected chi connectivity index (χ1v) is 8.16. The fraction of sp³-hybridized carbons (Fsp3) is 0. The third-order valence-corrected chi connectivity index (χ3v) is 4.74. The minimum absolute atomic E-state index is 0.106. The van der Waals surface area contributed by atoms with Crippen molar-refractivity contribution in [3.05, 3.63) is 63.0 Å². The molecule has 4 aromatic rings. The van der Waals surface area contributed by atoms with Crippen molar-refractivity contribution in [2.45, 2.75) is 0 Å². The Kier molecular flexibility index (Phi) is 3.56. The lowest BCUT2D eigenvalue weighted by Crippen LogP contribution is -2.14. The predicted octanol–water partition coefficient (Wildman–Crippen LogP) is 4.60. The number of benzene rings is 2. The number of hydrogen-bond acceptors (Lipinski definition) is 3. The molecule has 0 atom stereocenters. The summed E-state index contributed by atoms with van der Waals surface area (Å²) in [6, 6.07) is 7.07.